The Balaban J connectivity index is 2.13. The first-order valence-corrected chi connectivity index (χ1v) is 14.4. The number of guanidine groups is 1. The van der Waals surface area contributed by atoms with E-state index < -0.39 is 35.8 Å². The minimum atomic E-state index is -0.949. The zero-order chi connectivity index (χ0) is 30.0. The van der Waals surface area contributed by atoms with Gasteiger partial charge in [-0.15, -0.1) is 0 Å². The summed E-state index contributed by atoms with van der Waals surface area (Å²) in [7, 11) is 0. The van der Waals surface area contributed by atoms with E-state index in [-0.39, 0.29) is 37.2 Å². The molecule has 0 saturated carbocycles. The summed E-state index contributed by atoms with van der Waals surface area (Å²) in [6.45, 7) is 2.38. The van der Waals surface area contributed by atoms with Crippen LogP contribution in [0.4, 0.5) is 0 Å². The number of hydrogen-bond acceptors (Lipinski definition) is 7. The molecule has 1 heterocycles. The fourth-order valence-electron chi connectivity index (χ4n) is 4.80. The average molecular weight is 574 g/mol. The van der Waals surface area contributed by atoms with E-state index >= 15 is 0 Å². The molecule has 1 aromatic rings. The molecule has 12 N–H and O–H groups in total. The molecule has 1 aliphatic heterocycles. The number of benzene rings is 1. The first kappa shape index (κ1) is 33.5. The number of nitrogens with two attached hydrogens (primary N) is 4. The van der Waals surface area contributed by atoms with E-state index in [0.29, 0.717) is 38.6 Å². The van der Waals surface area contributed by atoms with Gasteiger partial charge in [0.1, 0.15) is 18.1 Å². The van der Waals surface area contributed by atoms with Crippen LogP contribution in [0.1, 0.15) is 56.9 Å². The van der Waals surface area contributed by atoms with E-state index in [9.17, 15) is 19.2 Å². The van der Waals surface area contributed by atoms with E-state index in [1.54, 1.807) is 0 Å². The molecule has 0 aromatic heterocycles. The SMILES string of the molecule is NCCCC[C@H](NC(=O)Cc1ccccc1)C(=O)N[C@@H](CC1CCNCC1)C(=O)N[C@@H](CCCN=C(N)N)C(N)=O. The first-order valence-electron chi connectivity index (χ1n) is 14.4. The lowest BCUT2D eigenvalue weighted by molar-refractivity contribution is -0.133. The van der Waals surface area contributed by atoms with Crippen molar-refractivity contribution in [1.29, 1.82) is 0 Å². The van der Waals surface area contributed by atoms with Crippen molar-refractivity contribution in [3.63, 3.8) is 0 Å². The Bertz CT molecular complexity index is 996. The van der Waals surface area contributed by atoms with Gasteiger partial charge in [-0.25, -0.2) is 0 Å². The third-order valence-corrected chi connectivity index (χ3v) is 7.07. The second-order valence-electron chi connectivity index (χ2n) is 10.5. The van der Waals surface area contributed by atoms with Crippen molar-refractivity contribution in [2.24, 2.45) is 33.8 Å². The predicted molar refractivity (Wildman–Crippen MR) is 158 cm³/mol. The number of hydrogen-bond donors (Lipinski definition) is 8. The van der Waals surface area contributed by atoms with Crippen molar-refractivity contribution in [3.8, 4) is 0 Å². The van der Waals surface area contributed by atoms with Crippen molar-refractivity contribution >= 4 is 29.6 Å². The topological polar surface area (TPSA) is 233 Å². The highest BCUT2D eigenvalue weighted by atomic mass is 16.2. The summed E-state index contributed by atoms with van der Waals surface area (Å²) in [6, 6.07) is 6.54. The zero-order valence-electron chi connectivity index (χ0n) is 23.8. The molecule has 41 heavy (non-hydrogen) atoms. The summed E-state index contributed by atoms with van der Waals surface area (Å²) in [4.78, 5) is 55.7. The van der Waals surface area contributed by atoms with Gasteiger partial charge in [0.2, 0.25) is 23.6 Å². The van der Waals surface area contributed by atoms with Gasteiger partial charge in [-0.05, 0) is 82.5 Å². The number of unbranched alkanes of at least 4 members (excludes halogenated alkanes) is 1. The van der Waals surface area contributed by atoms with Gasteiger partial charge in [-0.3, -0.25) is 24.2 Å². The lowest BCUT2D eigenvalue weighted by atomic mass is 9.90. The molecule has 13 heteroatoms. The van der Waals surface area contributed by atoms with Gasteiger partial charge in [0.25, 0.3) is 0 Å². The molecule has 0 radical (unpaired) electrons. The molecule has 0 bridgehead atoms. The van der Waals surface area contributed by atoms with Gasteiger partial charge in [0.15, 0.2) is 5.96 Å². The quantitative estimate of drug-likeness (QED) is 0.0598. The molecule has 1 aliphatic rings. The van der Waals surface area contributed by atoms with Crippen molar-refractivity contribution in [1.82, 2.24) is 21.3 Å². The number of carbonyl (C=O) groups is 4. The van der Waals surface area contributed by atoms with Gasteiger partial charge < -0.3 is 44.2 Å². The maximum absolute atomic E-state index is 13.5. The van der Waals surface area contributed by atoms with Gasteiger partial charge in [0, 0.05) is 6.54 Å². The van der Waals surface area contributed by atoms with Crippen molar-refractivity contribution < 1.29 is 19.2 Å². The Hall–Kier alpha value is -3.71. The summed E-state index contributed by atoms with van der Waals surface area (Å²) in [5.41, 5.74) is 22.7. The van der Waals surface area contributed by atoms with Crippen molar-refractivity contribution in [2.75, 3.05) is 26.2 Å². The van der Waals surface area contributed by atoms with E-state index in [1.165, 1.54) is 0 Å². The predicted octanol–water partition coefficient (Wildman–Crippen LogP) is -1.26. The highest BCUT2D eigenvalue weighted by molar-refractivity contribution is 5.94. The molecule has 1 fully saturated rings. The van der Waals surface area contributed by atoms with Crippen LogP contribution in [0.2, 0.25) is 0 Å². The van der Waals surface area contributed by atoms with Crippen LogP contribution in [0, 0.1) is 5.92 Å². The molecule has 13 nitrogen and oxygen atoms in total. The van der Waals surface area contributed by atoms with Gasteiger partial charge in [0.05, 0.1) is 6.42 Å². The Kier molecular flexibility index (Phi) is 15.2. The summed E-state index contributed by atoms with van der Waals surface area (Å²) < 4.78 is 0. The summed E-state index contributed by atoms with van der Waals surface area (Å²) in [5.74, 6) is -1.81. The maximum Gasteiger partial charge on any atom is 0.243 e. The Morgan fingerprint density at radius 2 is 1.49 bits per heavy atom. The summed E-state index contributed by atoms with van der Waals surface area (Å²) >= 11 is 0. The molecule has 1 saturated heterocycles. The Morgan fingerprint density at radius 3 is 2.12 bits per heavy atom. The molecule has 2 rings (SSSR count). The van der Waals surface area contributed by atoms with Crippen LogP contribution in [0.5, 0.6) is 0 Å². The number of primary amides is 1. The maximum atomic E-state index is 13.5. The van der Waals surface area contributed by atoms with Crippen LogP contribution < -0.4 is 44.2 Å². The first-order chi connectivity index (χ1) is 19.7. The second-order valence-corrected chi connectivity index (χ2v) is 10.5. The molecular formula is C28H47N9O4. The minimum absolute atomic E-state index is 0.0636. The Labute approximate surface area is 242 Å². The molecule has 4 amide bonds. The van der Waals surface area contributed by atoms with Crippen molar-refractivity contribution in [3.05, 3.63) is 35.9 Å². The fourth-order valence-corrected chi connectivity index (χ4v) is 4.80. The third kappa shape index (κ3) is 13.5. The van der Waals surface area contributed by atoms with Crippen LogP contribution in [0.25, 0.3) is 0 Å². The van der Waals surface area contributed by atoms with Crippen LogP contribution in [0.3, 0.4) is 0 Å². The number of aliphatic imine (C=N–C) groups is 1. The molecule has 228 valence electrons. The monoisotopic (exact) mass is 573 g/mol. The zero-order valence-corrected chi connectivity index (χ0v) is 23.8. The third-order valence-electron chi connectivity index (χ3n) is 7.07. The van der Waals surface area contributed by atoms with Crippen LogP contribution in [-0.2, 0) is 25.6 Å². The fraction of sp³-hybridized carbons (Fsp3) is 0.607. The smallest absolute Gasteiger partial charge is 0.243 e. The number of amides is 4. The summed E-state index contributed by atoms with van der Waals surface area (Å²) in [6.07, 6.45) is 4.59. The number of nitrogens with one attached hydrogen (secondary N) is 4. The van der Waals surface area contributed by atoms with Crippen LogP contribution >= 0.6 is 0 Å². The lowest BCUT2D eigenvalue weighted by Gasteiger charge is -2.29. The minimum Gasteiger partial charge on any atom is -0.370 e. The molecule has 0 aliphatic carbocycles. The van der Waals surface area contributed by atoms with Gasteiger partial charge >= 0.3 is 0 Å². The largest absolute Gasteiger partial charge is 0.370 e. The average Bonchev–Trinajstić information content (AvgIpc) is 2.94. The number of carbonyl (C=O) groups excluding carboxylic acids is 4. The van der Waals surface area contributed by atoms with E-state index in [4.69, 9.17) is 22.9 Å². The van der Waals surface area contributed by atoms with E-state index in [0.717, 1.165) is 31.5 Å². The summed E-state index contributed by atoms with van der Waals surface area (Å²) in [5, 5.41) is 11.7. The van der Waals surface area contributed by atoms with Crippen LogP contribution in [-0.4, -0.2) is 73.9 Å². The molecular weight excluding hydrogens is 526 g/mol. The number of rotatable bonds is 18. The number of piperidine rings is 1. The lowest BCUT2D eigenvalue weighted by Crippen LogP contribution is -2.57. The molecule has 0 unspecified atom stereocenters. The molecule has 0 spiro atoms. The normalized spacial score (nSPS) is 15.6. The highest BCUT2D eigenvalue weighted by Gasteiger charge is 2.31. The Morgan fingerprint density at radius 1 is 0.854 bits per heavy atom. The van der Waals surface area contributed by atoms with Gasteiger partial charge in [-0.1, -0.05) is 30.3 Å². The second kappa shape index (κ2) is 18.6. The van der Waals surface area contributed by atoms with E-state index in [2.05, 4.69) is 26.3 Å². The number of nitrogens with zero attached hydrogens (tertiary/aromatic N) is 1. The standard InChI is InChI=1S/C28H47N9O4/c29-13-5-4-9-22(35-24(38)18-19-7-2-1-3-8-19)26(40)37-23(17-20-11-15-33-16-12-20)27(41)36-21(25(30)39)10-6-14-34-28(31)32/h1-3,7-8,20-23,33H,4-6,9-18,29H2,(H2,30,39)(H,35,38)(H,36,41)(H,37,40)(H4,31,32,34)/t21-,22-,23-/m0/s1. The van der Waals surface area contributed by atoms with E-state index in [1.807, 2.05) is 30.3 Å². The van der Waals surface area contributed by atoms with Crippen molar-refractivity contribution in [2.45, 2.75) is 75.9 Å². The van der Waals surface area contributed by atoms with Gasteiger partial charge in [-0.2, -0.15) is 0 Å². The van der Waals surface area contributed by atoms with Crippen LogP contribution in [0.15, 0.2) is 35.3 Å². The molecule has 1 aromatic carbocycles. The highest BCUT2D eigenvalue weighted by Crippen LogP contribution is 2.19. The molecule has 3 atom stereocenters.